The number of nitrogens with one attached hydrogen (secondary N) is 2. The standard InChI is InChI=1S/C13H15N3O.C10H10BrNO2/c1-9-3-5-10(6-4-9)7-11-8-12(16-15-11)13(17)14-2;1-12-8-6-7(11)2-3-9(8)14-5-4-10(12)13/h3-6,8H,7H2,1-2H3,(H,14,17)(H,15,16);2-3,6H,4-5H2,1H3. The van der Waals surface area contributed by atoms with Crippen molar-refractivity contribution in [3.63, 3.8) is 0 Å². The number of hydrogen-bond donors (Lipinski definition) is 2. The van der Waals surface area contributed by atoms with Crippen molar-refractivity contribution in [2.45, 2.75) is 19.8 Å². The van der Waals surface area contributed by atoms with Gasteiger partial charge in [-0.25, -0.2) is 0 Å². The van der Waals surface area contributed by atoms with Crippen LogP contribution in [0.25, 0.3) is 0 Å². The minimum Gasteiger partial charge on any atom is -0.491 e. The Morgan fingerprint density at radius 3 is 2.68 bits per heavy atom. The van der Waals surface area contributed by atoms with Gasteiger partial charge in [-0.3, -0.25) is 14.7 Å². The SMILES string of the molecule is CN1C(=O)CCOc2ccc(Br)cc21.CNC(=O)c1cc(Cc2ccc(C)cc2)[nH]n1. The van der Waals surface area contributed by atoms with Crippen molar-refractivity contribution in [2.24, 2.45) is 0 Å². The molecule has 162 valence electrons. The molecule has 1 aliphatic rings. The fourth-order valence-electron chi connectivity index (χ4n) is 3.05. The van der Waals surface area contributed by atoms with E-state index in [-0.39, 0.29) is 11.8 Å². The Morgan fingerprint density at radius 2 is 1.97 bits per heavy atom. The minimum absolute atomic E-state index is 0.0850. The number of aromatic nitrogens is 2. The third-order valence-electron chi connectivity index (χ3n) is 4.84. The van der Waals surface area contributed by atoms with Gasteiger partial charge >= 0.3 is 0 Å². The number of aryl methyl sites for hydroxylation is 1. The molecule has 0 spiro atoms. The molecule has 2 N–H and O–H groups in total. The van der Waals surface area contributed by atoms with Crippen molar-refractivity contribution in [1.82, 2.24) is 15.5 Å². The van der Waals surface area contributed by atoms with E-state index in [4.69, 9.17) is 4.74 Å². The zero-order chi connectivity index (χ0) is 22.4. The molecule has 0 saturated heterocycles. The average Bonchev–Trinajstić information content (AvgIpc) is 3.19. The van der Waals surface area contributed by atoms with Crippen LogP contribution in [-0.2, 0) is 11.2 Å². The quantitative estimate of drug-likeness (QED) is 0.590. The summed E-state index contributed by atoms with van der Waals surface area (Å²) in [5, 5.41) is 9.38. The van der Waals surface area contributed by atoms with Gasteiger partial charge in [0.2, 0.25) is 5.91 Å². The lowest BCUT2D eigenvalue weighted by Gasteiger charge is -2.16. The summed E-state index contributed by atoms with van der Waals surface area (Å²) in [6.45, 7) is 2.52. The number of nitrogens with zero attached hydrogens (tertiary/aromatic N) is 2. The summed E-state index contributed by atoms with van der Waals surface area (Å²) in [6.07, 6.45) is 1.19. The van der Waals surface area contributed by atoms with Gasteiger partial charge in [0.05, 0.1) is 18.7 Å². The van der Waals surface area contributed by atoms with Gasteiger partial charge in [0.1, 0.15) is 11.4 Å². The van der Waals surface area contributed by atoms with Gasteiger partial charge in [0, 0.05) is 30.7 Å². The molecule has 8 heteroatoms. The van der Waals surface area contributed by atoms with Gasteiger partial charge in [0.15, 0.2) is 0 Å². The summed E-state index contributed by atoms with van der Waals surface area (Å²) in [7, 11) is 3.36. The molecule has 0 saturated carbocycles. The minimum atomic E-state index is -0.170. The summed E-state index contributed by atoms with van der Waals surface area (Å²) in [4.78, 5) is 24.5. The lowest BCUT2D eigenvalue weighted by Crippen LogP contribution is -2.25. The highest BCUT2D eigenvalue weighted by atomic mass is 79.9. The molecular formula is C23H25BrN4O3. The lowest BCUT2D eigenvalue weighted by molar-refractivity contribution is -0.118. The highest BCUT2D eigenvalue weighted by Crippen LogP contribution is 2.32. The molecule has 0 aliphatic carbocycles. The first-order valence-corrected chi connectivity index (χ1v) is 10.7. The predicted octanol–water partition coefficient (Wildman–Crippen LogP) is 3.86. The normalized spacial score (nSPS) is 12.8. The zero-order valence-electron chi connectivity index (χ0n) is 17.7. The fourth-order valence-corrected chi connectivity index (χ4v) is 3.40. The highest BCUT2D eigenvalue weighted by molar-refractivity contribution is 9.10. The van der Waals surface area contributed by atoms with Crippen LogP contribution < -0.4 is 15.0 Å². The molecule has 0 atom stereocenters. The molecule has 2 aromatic carbocycles. The van der Waals surface area contributed by atoms with Crippen LogP contribution in [0.4, 0.5) is 5.69 Å². The maximum absolute atomic E-state index is 11.5. The smallest absolute Gasteiger partial charge is 0.271 e. The number of aromatic amines is 1. The number of carbonyl (C=O) groups is 2. The number of fused-ring (bicyclic) bond motifs is 1. The van der Waals surface area contributed by atoms with E-state index in [1.807, 2.05) is 18.2 Å². The number of rotatable bonds is 3. The molecule has 1 aliphatic heterocycles. The van der Waals surface area contributed by atoms with E-state index in [0.717, 1.165) is 28.0 Å². The molecule has 2 heterocycles. The number of amides is 2. The number of anilines is 1. The highest BCUT2D eigenvalue weighted by Gasteiger charge is 2.19. The summed E-state index contributed by atoms with van der Waals surface area (Å²) in [5.74, 6) is 0.680. The molecule has 3 aromatic rings. The fraction of sp³-hybridized carbons (Fsp3) is 0.261. The number of carbonyl (C=O) groups excluding carboxylic acids is 2. The summed E-state index contributed by atoms with van der Waals surface area (Å²) >= 11 is 3.37. The number of benzene rings is 2. The van der Waals surface area contributed by atoms with Crippen LogP contribution in [0, 0.1) is 6.92 Å². The van der Waals surface area contributed by atoms with Gasteiger partial charge in [-0.1, -0.05) is 45.8 Å². The number of hydrogen-bond acceptors (Lipinski definition) is 4. The van der Waals surface area contributed by atoms with Crippen LogP contribution in [0.5, 0.6) is 5.75 Å². The second-order valence-corrected chi connectivity index (χ2v) is 8.10. The topological polar surface area (TPSA) is 87.3 Å². The van der Waals surface area contributed by atoms with E-state index in [0.29, 0.717) is 18.7 Å². The Morgan fingerprint density at radius 1 is 1.23 bits per heavy atom. The van der Waals surface area contributed by atoms with Crippen LogP contribution in [0.3, 0.4) is 0 Å². The molecule has 0 fully saturated rings. The Bertz CT molecular complexity index is 1060. The predicted molar refractivity (Wildman–Crippen MR) is 124 cm³/mol. The maximum atomic E-state index is 11.5. The summed E-state index contributed by atoms with van der Waals surface area (Å²) < 4.78 is 6.41. The largest absolute Gasteiger partial charge is 0.491 e. The molecule has 0 unspecified atom stereocenters. The first-order chi connectivity index (χ1) is 14.9. The Hall–Kier alpha value is -3.13. The van der Waals surface area contributed by atoms with Crippen LogP contribution in [0.2, 0.25) is 0 Å². The monoisotopic (exact) mass is 484 g/mol. The molecule has 0 bridgehead atoms. The number of ether oxygens (including phenoxy) is 1. The third-order valence-corrected chi connectivity index (χ3v) is 5.33. The van der Waals surface area contributed by atoms with Gasteiger partial charge < -0.3 is 15.0 Å². The zero-order valence-corrected chi connectivity index (χ0v) is 19.3. The third kappa shape index (κ3) is 5.95. The van der Waals surface area contributed by atoms with Crippen LogP contribution >= 0.6 is 15.9 Å². The molecule has 4 rings (SSSR count). The van der Waals surface area contributed by atoms with Crippen molar-refractivity contribution >= 4 is 33.4 Å². The number of halogens is 1. The van der Waals surface area contributed by atoms with Gasteiger partial charge in [-0.15, -0.1) is 0 Å². The molecule has 7 nitrogen and oxygen atoms in total. The molecule has 1 aromatic heterocycles. The summed E-state index contributed by atoms with van der Waals surface area (Å²) in [5.41, 5.74) is 4.62. The van der Waals surface area contributed by atoms with E-state index < -0.39 is 0 Å². The first-order valence-electron chi connectivity index (χ1n) is 9.88. The summed E-state index contributed by atoms with van der Waals surface area (Å²) in [6, 6.07) is 15.7. The maximum Gasteiger partial charge on any atom is 0.271 e. The van der Waals surface area contributed by atoms with Crippen molar-refractivity contribution in [3.8, 4) is 5.75 Å². The van der Waals surface area contributed by atoms with Crippen molar-refractivity contribution < 1.29 is 14.3 Å². The first kappa shape index (κ1) is 22.6. The molecule has 0 radical (unpaired) electrons. The van der Waals surface area contributed by atoms with E-state index in [1.165, 1.54) is 11.1 Å². The molecular weight excluding hydrogens is 460 g/mol. The van der Waals surface area contributed by atoms with Crippen molar-refractivity contribution in [2.75, 3.05) is 25.6 Å². The second-order valence-electron chi connectivity index (χ2n) is 7.18. The Kier molecular flexibility index (Phi) is 7.46. The van der Waals surface area contributed by atoms with E-state index in [2.05, 4.69) is 62.6 Å². The van der Waals surface area contributed by atoms with E-state index >= 15 is 0 Å². The Labute approximate surface area is 189 Å². The molecule has 2 amide bonds. The van der Waals surface area contributed by atoms with Crippen LogP contribution in [0.1, 0.15) is 33.7 Å². The number of H-pyrrole nitrogens is 1. The van der Waals surface area contributed by atoms with Gasteiger partial charge in [0.25, 0.3) is 5.91 Å². The van der Waals surface area contributed by atoms with E-state index in [9.17, 15) is 9.59 Å². The van der Waals surface area contributed by atoms with Gasteiger partial charge in [-0.05, 0) is 36.8 Å². The Balaban J connectivity index is 0.000000179. The van der Waals surface area contributed by atoms with Gasteiger partial charge in [-0.2, -0.15) is 5.10 Å². The second kappa shape index (κ2) is 10.3. The van der Waals surface area contributed by atoms with Crippen molar-refractivity contribution in [1.29, 1.82) is 0 Å². The average molecular weight is 485 g/mol. The van der Waals surface area contributed by atoms with Crippen LogP contribution in [0.15, 0.2) is 53.0 Å². The van der Waals surface area contributed by atoms with E-state index in [1.54, 1.807) is 25.1 Å². The van der Waals surface area contributed by atoms with Crippen LogP contribution in [-0.4, -0.2) is 42.7 Å². The lowest BCUT2D eigenvalue weighted by atomic mass is 10.1. The molecule has 31 heavy (non-hydrogen) atoms. The van der Waals surface area contributed by atoms with Crippen molar-refractivity contribution in [3.05, 3.63) is 75.5 Å².